The van der Waals surface area contributed by atoms with Gasteiger partial charge < -0.3 is 15.2 Å². The number of aryl methyl sites for hydroxylation is 2. The lowest BCUT2D eigenvalue weighted by atomic mass is 9.94. The monoisotopic (exact) mass is 525 g/mol. The molecule has 0 aliphatic heterocycles. The van der Waals surface area contributed by atoms with Gasteiger partial charge in [0.25, 0.3) is 0 Å². The van der Waals surface area contributed by atoms with Crippen LogP contribution in [0.5, 0.6) is 5.75 Å². The Morgan fingerprint density at radius 2 is 1.67 bits per heavy atom. The lowest BCUT2D eigenvalue weighted by Gasteiger charge is -2.20. The van der Waals surface area contributed by atoms with Crippen molar-refractivity contribution >= 4 is 17.6 Å². The van der Waals surface area contributed by atoms with E-state index in [1.807, 2.05) is 67.6 Å². The van der Waals surface area contributed by atoms with E-state index in [9.17, 15) is 19.1 Å². The Balaban J connectivity index is 1.78. The van der Waals surface area contributed by atoms with Crippen LogP contribution >= 0.6 is 0 Å². The highest BCUT2D eigenvalue weighted by atomic mass is 19.1. The molecule has 0 atom stereocenters. The largest absolute Gasteiger partial charge is 0.486 e. The van der Waals surface area contributed by atoms with Gasteiger partial charge in [0, 0.05) is 0 Å². The average molecular weight is 526 g/mol. The molecular weight excluding hydrogens is 493 g/mol. The molecule has 4 aromatic carbocycles. The summed E-state index contributed by atoms with van der Waals surface area (Å²) in [6, 6.07) is 24.6. The number of hydrogen-bond donors (Lipinski definition) is 2. The molecule has 0 saturated carbocycles. The minimum absolute atomic E-state index is 0.0206. The normalized spacial score (nSPS) is 10.7. The topological polar surface area (TPSA) is 75.6 Å². The quantitative estimate of drug-likeness (QED) is 0.211. The van der Waals surface area contributed by atoms with Crippen LogP contribution in [-0.2, 0) is 24.2 Å². The fraction of sp³-hybridized carbons (Fsp3) is 0.212. The van der Waals surface area contributed by atoms with Crippen LogP contribution in [0.1, 0.15) is 52.4 Å². The molecule has 6 heteroatoms. The van der Waals surface area contributed by atoms with Gasteiger partial charge in [-0.3, -0.25) is 4.79 Å². The molecule has 0 fully saturated rings. The molecule has 39 heavy (non-hydrogen) atoms. The highest BCUT2D eigenvalue weighted by molar-refractivity contribution is 5.98. The van der Waals surface area contributed by atoms with Gasteiger partial charge in [-0.25, -0.2) is 9.18 Å². The van der Waals surface area contributed by atoms with E-state index in [4.69, 9.17) is 4.74 Å². The summed E-state index contributed by atoms with van der Waals surface area (Å²) in [5.74, 6) is -1.41. The summed E-state index contributed by atoms with van der Waals surface area (Å²) in [5.41, 5.74) is 4.90. The van der Waals surface area contributed by atoms with Crippen molar-refractivity contribution in [2.75, 3.05) is 5.32 Å². The maximum Gasteiger partial charge on any atom is 0.336 e. The first-order valence-electron chi connectivity index (χ1n) is 13.1. The fourth-order valence-electron chi connectivity index (χ4n) is 4.42. The van der Waals surface area contributed by atoms with E-state index in [1.165, 1.54) is 12.1 Å². The Morgan fingerprint density at radius 1 is 0.923 bits per heavy atom. The van der Waals surface area contributed by atoms with Crippen molar-refractivity contribution < 1.29 is 23.8 Å². The first-order valence-corrected chi connectivity index (χ1v) is 13.1. The van der Waals surface area contributed by atoms with Crippen LogP contribution in [0.25, 0.3) is 11.1 Å². The van der Waals surface area contributed by atoms with Crippen LogP contribution in [0.3, 0.4) is 0 Å². The van der Waals surface area contributed by atoms with E-state index in [2.05, 4.69) is 12.2 Å². The predicted octanol–water partition coefficient (Wildman–Crippen LogP) is 7.60. The van der Waals surface area contributed by atoms with E-state index in [0.29, 0.717) is 30.0 Å². The Bertz CT molecular complexity index is 1450. The van der Waals surface area contributed by atoms with E-state index in [0.717, 1.165) is 41.2 Å². The highest BCUT2D eigenvalue weighted by Crippen LogP contribution is 2.38. The second kappa shape index (κ2) is 12.9. The van der Waals surface area contributed by atoms with Crippen LogP contribution in [0.15, 0.2) is 84.9 Å². The van der Waals surface area contributed by atoms with Crippen molar-refractivity contribution in [1.29, 1.82) is 0 Å². The first kappa shape index (κ1) is 27.6. The maximum atomic E-state index is 14.3. The number of carbonyl (C=O) groups is 2. The third kappa shape index (κ3) is 7.32. The molecule has 4 rings (SSSR count). The number of carboxylic acids is 1. The van der Waals surface area contributed by atoms with Gasteiger partial charge in [0.1, 0.15) is 18.2 Å². The molecule has 2 N–H and O–H groups in total. The number of rotatable bonds is 11. The van der Waals surface area contributed by atoms with Crippen LogP contribution in [0.2, 0.25) is 0 Å². The number of amides is 1. The van der Waals surface area contributed by atoms with Crippen molar-refractivity contribution in [3.05, 3.63) is 119 Å². The molecule has 0 spiro atoms. The van der Waals surface area contributed by atoms with E-state index in [-0.39, 0.29) is 23.5 Å². The summed E-state index contributed by atoms with van der Waals surface area (Å²) < 4.78 is 20.6. The second-order valence-electron chi connectivity index (χ2n) is 9.60. The Labute approximate surface area is 228 Å². The van der Waals surface area contributed by atoms with Crippen molar-refractivity contribution in [3.8, 4) is 16.9 Å². The number of unbranched alkanes of at least 4 members (excludes halogenated alkanes) is 1. The number of anilines is 1. The molecular formula is C33H32FNO4. The zero-order valence-corrected chi connectivity index (χ0v) is 22.2. The van der Waals surface area contributed by atoms with Crippen molar-refractivity contribution in [1.82, 2.24) is 0 Å². The molecule has 0 bridgehead atoms. The molecule has 0 heterocycles. The number of nitrogens with one attached hydrogen (secondary N) is 1. The standard InChI is InChI=1S/C33H32FNO4/c1-3-4-10-25-18-26(29-20-27(34)15-16-28(29)33(37)38)19-30(32(25)39-21-24-8-6-5-7-9-24)35-31(36)17-23-13-11-22(2)12-14-23/h5-9,11-16,18-20H,3-4,10,17,21H2,1-2H3,(H,35,36)(H,37,38). The number of aromatic carboxylic acids is 1. The van der Waals surface area contributed by atoms with E-state index < -0.39 is 11.8 Å². The van der Waals surface area contributed by atoms with Crippen LogP contribution < -0.4 is 10.1 Å². The molecule has 1 amide bonds. The molecule has 0 radical (unpaired) electrons. The Hall–Kier alpha value is -4.45. The van der Waals surface area contributed by atoms with Gasteiger partial charge in [0.2, 0.25) is 5.91 Å². The van der Waals surface area contributed by atoms with Crippen molar-refractivity contribution in [2.24, 2.45) is 0 Å². The summed E-state index contributed by atoms with van der Waals surface area (Å²) in [4.78, 5) is 25.1. The summed E-state index contributed by atoms with van der Waals surface area (Å²) in [7, 11) is 0. The molecule has 0 aliphatic rings. The number of benzene rings is 4. The molecule has 200 valence electrons. The predicted molar refractivity (Wildman–Crippen MR) is 152 cm³/mol. The van der Waals surface area contributed by atoms with E-state index in [1.54, 1.807) is 6.07 Å². The highest BCUT2D eigenvalue weighted by Gasteiger charge is 2.20. The number of ether oxygens (including phenoxy) is 1. The lowest BCUT2D eigenvalue weighted by molar-refractivity contribution is -0.115. The minimum Gasteiger partial charge on any atom is -0.486 e. The van der Waals surface area contributed by atoms with Gasteiger partial charge in [0.15, 0.2) is 0 Å². The molecule has 0 aliphatic carbocycles. The van der Waals surface area contributed by atoms with E-state index >= 15 is 0 Å². The zero-order chi connectivity index (χ0) is 27.8. The van der Waals surface area contributed by atoms with Gasteiger partial charge in [-0.1, -0.05) is 73.5 Å². The van der Waals surface area contributed by atoms with Gasteiger partial charge in [-0.05, 0) is 77.9 Å². The number of hydrogen-bond acceptors (Lipinski definition) is 3. The minimum atomic E-state index is -1.16. The van der Waals surface area contributed by atoms with Crippen molar-refractivity contribution in [2.45, 2.75) is 46.1 Å². The number of carbonyl (C=O) groups excluding carboxylic acids is 1. The first-order chi connectivity index (χ1) is 18.8. The number of carboxylic acid groups (broad SMARTS) is 1. The third-order valence-corrected chi connectivity index (χ3v) is 6.47. The molecule has 5 nitrogen and oxygen atoms in total. The Morgan fingerprint density at radius 3 is 2.36 bits per heavy atom. The third-order valence-electron chi connectivity index (χ3n) is 6.47. The average Bonchev–Trinajstić information content (AvgIpc) is 2.92. The summed E-state index contributed by atoms with van der Waals surface area (Å²) >= 11 is 0. The van der Waals surface area contributed by atoms with Crippen molar-refractivity contribution in [3.63, 3.8) is 0 Å². The summed E-state index contributed by atoms with van der Waals surface area (Å²) in [6.45, 7) is 4.36. The Kier molecular flexibility index (Phi) is 9.10. The SMILES string of the molecule is CCCCc1cc(-c2cc(F)ccc2C(=O)O)cc(NC(=O)Cc2ccc(C)cc2)c1OCc1ccccc1. The summed E-state index contributed by atoms with van der Waals surface area (Å²) in [6.07, 6.45) is 2.59. The number of halogens is 1. The van der Waals surface area contributed by atoms with Gasteiger partial charge in [0.05, 0.1) is 17.7 Å². The zero-order valence-electron chi connectivity index (χ0n) is 22.2. The second-order valence-corrected chi connectivity index (χ2v) is 9.60. The van der Waals surface area contributed by atoms with Gasteiger partial charge in [-0.2, -0.15) is 0 Å². The molecule has 4 aromatic rings. The summed E-state index contributed by atoms with van der Waals surface area (Å²) in [5, 5.41) is 12.8. The molecule has 0 unspecified atom stereocenters. The van der Waals surface area contributed by atoms with Crippen LogP contribution in [-0.4, -0.2) is 17.0 Å². The van der Waals surface area contributed by atoms with Crippen LogP contribution in [0.4, 0.5) is 10.1 Å². The lowest BCUT2D eigenvalue weighted by Crippen LogP contribution is -2.16. The van der Waals surface area contributed by atoms with Crippen LogP contribution in [0, 0.1) is 12.7 Å². The smallest absolute Gasteiger partial charge is 0.336 e. The maximum absolute atomic E-state index is 14.3. The van der Waals surface area contributed by atoms with Gasteiger partial charge in [-0.15, -0.1) is 0 Å². The van der Waals surface area contributed by atoms with Gasteiger partial charge >= 0.3 is 5.97 Å². The fourth-order valence-corrected chi connectivity index (χ4v) is 4.42. The molecule has 0 aromatic heterocycles. The molecule has 0 saturated heterocycles.